The third-order valence-electron chi connectivity index (χ3n) is 7.23. The van der Waals surface area contributed by atoms with Crippen LogP contribution in [0.15, 0.2) is 41.3 Å². The third kappa shape index (κ3) is 3.77. The zero-order chi connectivity index (χ0) is 22.6. The van der Waals surface area contributed by atoms with Gasteiger partial charge < -0.3 is 9.67 Å². The smallest absolute Gasteiger partial charge is 0.266 e. The standard InChI is InChI=1S/C25H31FN4O2/c1-16(2)28-13-18(22-8-5-19(26)10-23(22)28)14-29-20-6-7-21(29)12-25(32,11-20)15-30-24(31)9-4-17(3)27-30/h4-5,8-10,13,16,20-21,32H,6-7,11-12,14-15H2,1-3H3. The predicted molar refractivity (Wildman–Crippen MR) is 122 cm³/mol. The van der Waals surface area contributed by atoms with Crippen molar-refractivity contribution in [1.29, 1.82) is 0 Å². The molecule has 170 valence electrons. The molecule has 0 aliphatic carbocycles. The number of fused-ring (bicyclic) bond motifs is 3. The Hall–Kier alpha value is -2.51. The molecule has 2 aromatic heterocycles. The van der Waals surface area contributed by atoms with Gasteiger partial charge in [0.25, 0.3) is 5.56 Å². The van der Waals surface area contributed by atoms with Crippen LogP contribution >= 0.6 is 0 Å². The lowest BCUT2D eigenvalue weighted by molar-refractivity contribution is -0.0677. The Morgan fingerprint density at radius 1 is 1.19 bits per heavy atom. The molecule has 2 unspecified atom stereocenters. The number of hydrogen-bond donors (Lipinski definition) is 1. The van der Waals surface area contributed by atoms with E-state index in [1.807, 2.05) is 13.0 Å². The highest BCUT2D eigenvalue weighted by Gasteiger charge is 2.48. The summed E-state index contributed by atoms with van der Waals surface area (Å²) < 4.78 is 17.5. The first-order valence-electron chi connectivity index (χ1n) is 11.5. The molecule has 2 saturated heterocycles. The molecule has 4 heterocycles. The van der Waals surface area contributed by atoms with Crippen LogP contribution in [0.3, 0.4) is 0 Å². The van der Waals surface area contributed by atoms with Crippen LogP contribution in [0.4, 0.5) is 4.39 Å². The molecular weight excluding hydrogens is 407 g/mol. The van der Waals surface area contributed by atoms with Crippen LogP contribution in [0.1, 0.15) is 56.8 Å². The molecule has 5 rings (SSSR count). The Labute approximate surface area is 187 Å². The van der Waals surface area contributed by atoms with Crippen molar-refractivity contribution >= 4 is 10.9 Å². The van der Waals surface area contributed by atoms with Crippen LogP contribution in [0.5, 0.6) is 0 Å². The van der Waals surface area contributed by atoms with E-state index in [0.29, 0.717) is 12.8 Å². The first-order valence-corrected chi connectivity index (χ1v) is 11.5. The summed E-state index contributed by atoms with van der Waals surface area (Å²) in [6, 6.07) is 9.03. The maximum Gasteiger partial charge on any atom is 0.266 e. The topological polar surface area (TPSA) is 63.3 Å². The molecular formula is C25H31FN4O2. The van der Waals surface area contributed by atoms with Crippen molar-refractivity contribution in [3.05, 3.63) is 64.0 Å². The van der Waals surface area contributed by atoms with Gasteiger partial charge >= 0.3 is 0 Å². The molecule has 6 nitrogen and oxygen atoms in total. The van der Waals surface area contributed by atoms with E-state index in [9.17, 15) is 14.3 Å². The van der Waals surface area contributed by atoms with E-state index in [0.717, 1.165) is 36.0 Å². The van der Waals surface area contributed by atoms with E-state index in [2.05, 4.69) is 34.6 Å². The van der Waals surface area contributed by atoms with Gasteiger partial charge in [-0.2, -0.15) is 5.10 Å². The number of nitrogens with zero attached hydrogens (tertiary/aromatic N) is 4. The molecule has 1 N–H and O–H groups in total. The van der Waals surface area contributed by atoms with Crippen molar-refractivity contribution in [1.82, 2.24) is 19.2 Å². The molecule has 2 atom stereocenters. The fraction of sp³-hybridized carbons (Fsp3) is 0.520. The van der Waals surface area contributed by atoms with Gasteiger partial charge in [0.05, 0.1) is 23.4 Å². The van der Waals surface area contributed by atoms with Crippen molar-refractivity contribution in [2.45, 2.75) is 83.3 Å². The highest BCUT2D eigenvalue weighted by atomic mass is 19.1. The van der Waals surface area contributed by atoms with Crippen LogP contribution < -0.4 is 5.56 Å². The third-order valence-corrected chi connectivity index (χ3v) is 7.23. The van der Waals surface area contributed by atoms with Crippen molar-refractivity contribution in [3.63, 3.8) is 0 Å². The molecule has 0 saturated carbocycles. The van der Waals surface area contributed by atoms with Crippen LogP contribution in [-0.2, 0) is 13.1 Å². The van der Waals surface area contributed by atoms with Crippen molar-refractivity contribution in [2.75, 3.05) is 0 Å². The second kappa shape index (κ2) is 7.81. The van der Waals surface area contributed by atoms with E-state index >= 15 is 0 Å². The van der Waals surface area contributed by atoms with Gasteiger partial charge in [-0.25, -0.2) is 9.07 Å². The van der Waals surface area contributed by atoms with Gasteiger partial charge in [0.15, 0.2) is 0 Å². The van der Waals surface area contributed by atoms with E-state index < -0.39 is 5.60 Å². The molecule has 0 amide bonds. The van der Waals surface area contributed by atoms with E-state index in [4.69, 9.17) is 0 Å². The molecule has 2 aliphatic rings. The van der Waals surface area contributed by atoms with Gasteiger partial charge in [0.1, 0.15) is 5.82 Å². The minimum absolute atomic E-state index is 0.174. The molecule has 1 aromatic carbocycles. The van der Waals surface area contributed by atoms with Crippen LogP contribution in [0.25, 0.3) is 10.9 Å². The molecule has 2 bridgehead atoms. The molecule has 0 radical (unpaired) electrons. The van der Waals surface area contributed by atoms with Crippen LogP contribution in [0.2, 0.25) is 0 Å². The fourth-order valence-corrected chi connectivity index (χ4v) is 5.79. The largest absolute Gasteiger partial charge is 0.388 e. The number of halogens is 1. The fourth-order valence-electron chi connectivity index (χ4n) is 5.79. The average Bonchev–Trinajstić information content (AvgIpc) is 3.20. The lowest BCUT2D eigenvalue weighted by atomic mass is 9.85. The summed E-state index contributed by atoms with van der Waals surface area (Å²) in [4.78, 5) is 14.7. The normalized spacial score (nSPS) is 25.8. The quantitative estimate of drug-likeness (QED) is 0.659. The first kappa shape index (κ1) is 21.3. The highest BCUT2D eigenvalue weighted by Crippen LogP contribution is 2.43. The summed E-state index contributed by atoms with van der Waals surface area (Å²) in [6.07, 6.45) is 5.50. The van der Waals surface area contributed by atoms with Crippen LogP contribution in [0, 0.1) is 12.7 Å². The van der Waals surface area contributed by atoms with Crippen molar-refractivity contribution in [2.24, 2.45) is 0 Å². The summed E-state index contributed by atoms with van der Waals surface area (Å²) >= 11 is 0. The maximum atomic E-state index is 13.9. The Bertz CT molecular complexity index is 1200. The molecule has 0 spiro atoms. The number of aromatic nitrogens is 3. The molecule has 2 aliphatic heterocycles. The molecule has 2 fully saturated rings. The lowest BCUT2D eigenvalue weighted by Gasteiger charge is -2.43. The zero-order valence-electron chi connectivity index (χ0n) is 19.0. The van der Waals surface area contributed by atoms with Crippen molar-refractivity contribution in [3.8, 4) is 0 Å². The second-order valence-electron chi connectivity index (χ2n) is 9.98. The summed E-state index contributed by atoms with van der Waals surface area (Å²) in [5.74, 6) is -0.216. The predicted octanol–water partition coefficient (Wildman–Crippen LogP) is 3.78. The van der Waals surface area contributed by atoms with Gasteiger partial charge in [-0.3, -0.25) is 9.69 Å². The average molecular weight is 439 g/mol. The first-order chi connectivity index (χ1) is 15.2. The summed E-state index contributed by atoms with van der Waals surface area (Å²) in [6.45, 7) is 7.10. The number of hydrogen-bond acceptors (Lipinski definition) is 4. The van der Waals surface area contributed by atoms with Gasteiger partial charge in [-0.1, -0.05) is 0 Å². The Kier molecular flexibility index (Phi) is 5.21. The number of aryl methyl sites for hydroxylation is 1. The van der Waals surface area contributed by atoms with Crippen LogP contribution in [-0.4, -0.2) is 42.0 Å². The number of piperidine rings is 1. The molecule has 32 heavy (non-hydrogen) atoms. The van der Waals surface area contributed by atoms with Gasteiger partial charge in [-0.05, 0) is 76.3 Å². The Balaban J connectivity index is 1.39. The summed E-state index contributed by atoms with van der Waals surface area (Å²) in [5, 5.41) is 16.8. The molecule has 7 heteroatoms. The lowest BCUT2D eigenvalue weighted by Crippen LogP contribution is -2.53. The van der Waals surface area contributed by atoms with E-state index in [1.165, 1.54) is 22.4 Å². The zero-order valence-corrected chi connectivity index (χ0v) is 19.0. The SMILES string of the molecule is Cc1ccc(=O)n(CC2(O)CC3CCC(C2)N3Cc2cn(C(C)C)c3cc(F)ccc23)n1. The second-order valence-corrected chi connectivity index (χ2v) is 9.98. The van der Waals surface area contributed by atoms with Gasteiger partial charge in [0, 0.05) is 42.3 Å². The molecule has 3 aromatic rings. The van der Waals surface area contributed by atoms with Gasteiger partial charge in [0.2, 0.25) is 0 Å². The van der Waals surface area contributed by atoms with E-state index in [1.54, 1.807) is 12.1 Å². The summed E-state index contributed by atoms with van der Waals surface area (Å²) in [7, 11) is 0. The van der Waals surface area contributed by atoms with Gasteiger partial charge in [-0.15, -0.1) is 0 Å². The Morgan fingerprint density at radius 3 is 2.59 bits per heavy atom. The Morgan fingerprint density at radius 2 is 1.91 bits per heavy atom. The number of aliphatic hydroxyl groups is 1. The monoisotopic (exact) mass is 438 g/mol. The summed E-state index contributed by atoms with van der Waals surface area (Å²) in [5.41, 5.74) is 1.80. The highest BCUT2D eigenvalue weighted by molar-refractivity contribution is 5.84. The van der Waals surface area contributed by atoms with E-state index in [-0.39, 0.29) is 36.0 Å². The number of rotatable bonds is 5. The maximum absolute atomic E-state index is 13.9. The minimum atomic E-state index is -0.929. The number of benzene rings is 1. The minimum Gasteiger partial charge on any atom is -0.388 e. The van der Waals surface area contributed by atoms with Crippen molar-refractivity contribution < 1.29 is 9.50 Å².